The summed E-state index contributed by atoms with van der Waals surface area (Å²) in [4.78, 5) is 33.8. The Bertz CT molecular complexity index is 272. The molecule has 0 amide bonds. The SMILES string of the molecule is CCC(=O)C1C(=O)OC(C)(C)OC1=O. The minimum Gasteiger partial charge on any atom is -0.422 e. The van der Waals surface area contributed by atoms with E-state index in [4.69, 9.17) is 9.47 Å². The molecule has 0 aliphatic carbocycles. The first-order valence-electron chi connectivity index (χ1n) is 4.36. The first-order valence-corrected chi connectivity index (χ1v) is 4.36. The number of ketones is 1. The van der Waals surface area contributed by atoms with Crippen molar-refractivity contribution in [2.45, 2.75) is 33.0 Å². The average Bonchev–Trinajstić information content (AvgIpc) is 1.99. The molecule has 5 nitrogen and oxygen atoms in total. The number of Topliss-reactive ketones (excluding diaryl/α,β-unsaturated/α-hetero) is 1. The van der Waals surface area contributed by atoms with E-state index in [2.05, 4.69) is 0 Å². The first kappa shape index (κ1) is 10.7. The van der Waals surface area contributed by atoms with Crippen molar-refractivity contribution in [2.24, 2.45) is 5.92 Å². The summed E-state index contributed by atoms with van der Waals surface area (Å²) < 4.78 is 9.55. The Kier molecular flexibility index (Phi) is 2.59. The van der Waals surface area contributed by atoms with Crippen molar-refractivity contribution >= 4 is 17.7 Å². The van der Waals surface area contributed by atoms with E-state index in [-0.39, 0.29) is 6.42 Å². The molecule has 0 saturated carbocycles. The number of carbonyl (C=O) groups excluding carboxylic acids is 3. The van der Waals surface area contributed by atoms with Gasteiger partial charge in [-0.15, -0.1) is 0 Å². The second-order valence-corrected chi connectivity index (χ2v) is 3.49. The van der Waals surface area contributed by atoms with Crippen molar-refractivity contribution in [2.75, 3.05) is 0 Å². The number of carbonyl (C=O) groups is 3. The largest absolute Gasteiger partial charge is 0.422 e. The zero-order chi connectivity index (χ0) is 10.9. The molecule has 0 N–H and O–H groups in total. The van der Waals surface area contributed by atoms with Gasteiger partial charge in [0.25, 0.3) is 5.79 Å². The molecule has 5 heteroatoms. The summed E-state index contributed by atoms with van der Waals surface area (Å²) in [5.74, 6) is -4.78. The van der Waals surface area contributed by atoms with Crippen molar-refractivity contribution in [3.8, 4) is 0 Å². The third-order valence-electron chi connectivity index (χ3n) is 1.83. The van der Waals surface area contributed by atoms with E-state index in [1.807, 2.05) is 0 Å². The van der Waals surface area contributed by atoms with Crippen LogP contribution in [0.1, 0.15) is 27.2 Å². The molecular formula is C9H12O5. The van der Waals surface area contributed by atoms with Gasteiger partial charge < -0.3 is 9.47 Å². The van der Waals surface area contributed by atoms with E-state index in [1.165, 1.54) is 13.8 Å². The Morgan fingerprint density at radius 3 is 2.07 bits per heavy atom. The third kappa shape index (κ3) is 1.92. The lowest BCUT2D eigenvalue weighted by atomic mass is 10.0. The molecule has 14 heavy (non-hydrogen) atoms. The number of ether oxygens (including phenoxy) is 2. The molecule has 0 aromatic heterocycles. The Balaban J connectivity index is 2.87. The Morgan fingerprint density at radius 2 is 1.71 bits per heavy atom. The van der Waals surface area contributed by atoms with Crippen molar-refractivity contribution in [3.63, 3.8) is 0 Å². The van der Waals surface area contributed by atoms with Crippen LogP contribution in [0.5, 0.6) is 0 Å². The van der Waals surface area contributed by atoms with E-state index in [9.17, 15) is 14.4 Å². The topological polar surface area (TPSA) is 69.7 Å². The zero-order valence-corrected chi connectivity index (χ0v) is 8.33. The molecule has 1 aliphatic rings. The van der Waals surface area contributed by atoms with E-state index in [0.717, 1.165) is 0 Å². The van der Waals surface area contributed by atoms with E-state index >= 15 is 0 Å². The van der Waals surface area contributed by atoms with Gasteiger partial charge in [0.15, 0.2) is 5.78 Å². The fourth-order valence-corrected chi connectivity index (χ4v) is 1.19. The predicted molar refractivity (Wildman–Crippen MR) is 45.1 cm³/mol. The smallest absolute Gasteiger partial charge is 0.331 e. The molecule has 1 fully saturated rings. The van der Waals surface area contributed by atoms with Crippen molar-refractivity contribution in [1.82, 2.24) is 0 Å². The maximum absolute atomic E-state index is 11.3. The summed E-state index contributed by atoms with van der Waals surface area (Å²) in [5.41, 5.74) is 0. The highest BCUT2D eigenvalue weighted by Crippen LogP contribution is 2.23. The molecule has 0 aromatic rings. The van der Waals surface area contributed by atoms with Crippen LogP contribution >= 0.6 is 0 Å². The Labute approximate surface area is 81.4 Å². The number of cyclic esters (lactones) is 2. The minimum atomic E-state index is -1.40. The number of esters is 2. The summed E-state index contributed by atoms with van der Waals surface area (Å²) >= 11 is 0. The van der Waals surface area contributed by atoms with Crippen LogP contribution in [0.4, 0.5) is 0 Å². The Morgan fingerprint density at radius 1 is 1.29 bits per heavy atom. The summed E-state index contributed by atoms with van der Waals surface area (Å²) in [7, 11) is 0. The van der Waals surface area contributed by atoms with Gasteiger partial charge >= 0.3 is 11.9 Å². The van der Waals surface area contributed by atoms with Gasteiger partial charge in [0.2, 0.25) is 5.92 Å². The van der Waals surface area contributed by atoms with Crippen LogP contribution in [0.2, 0.25) is 0 Å². The van der Waals surface area contributed by atoms with Crippen LogP contribution in [0, 0.1) is 5.92 Å². The fourth-order valence-electron chi connectivity index (χ4n) is 1.19. The number of hydrogen-bond donors (Lipinski definition) is 0. The highest BCUT2D eigenvalue weighted by atomic mass is 16.7. The van der Waals surface area contributed by atoms with Crippen molar-refractivity contribution in [1.29, 1.82) is 0 Å². The summed E-state index contributed by atoms with van der Waals surface area (Å²) in [6.07, 6.45) is 0.106. The van der Waals surface area contributed by atoms with Crippen LogP contribution in [0.3, 0.4) is 0 Å². The molecule has 78 valence electrons. The standard InChI is InChI=1S/C9H12O5/c1-4-5(10)6-7(11)13-9(2,3)14-8(6)12/h6H,4H2,1-3H3. The van der Waals surface area contributed by atoms with Gasteiger partial charge in [-0.05, 0) is 0 Å². The lowest BCUT2D eigenvalue weighted by Gasteiger charge is -2.32. The molecule has 0 bridgehead atoms. The van der Waals surface area contributed by atoms with Crippen molar-refractivity contribution < 1.29 is 23.9 Å². The van der Waals surface area contributed by atoms with Crippen molar-refractivity contribution in [3.05, 3.63) is 0 Å². The highest BCUT2D eigenvalue weighted by molar-refractivity contribution is 6.15. The first-order chi connectivity index (χ1) is 6.37. The van der Waals surface area contributed by atoms with Gasteiger partial charge in [0.1, 0.15) is 0 Å². The van der Waals surface area contributed by atoms with Crippen LogP contribution in [0.15, 0.2) is 0 Å². The van der Waals surface area contributed by atoms with Crippen LogP contribution in [-0.4, -0.2) is 23.5 Å². The third-order valence-corrected chi connectivity index (χ3v) is 1.83. The summed E-state index contributed by atoms with van der Waals surface area (Å²) in [6, 6.07) is 0. The number of rotatable bonds is 2. The van der Waals surface area contributed by atoms with E-state index < -0.39 is 29.4 Å². The molecular weight excluding hydrogens is 188 g/mol. The molecule has 0 unspecified atom stereocenters. The average molecular weight is 200 g/mol. The monoisotopic (exact) mass is 200 g/mol. The molecule has 0 aromatic carbocycles. The normalized spacial score (nSPS) is 21.4. The molecule has 1 rings (SSSR count). The van der Waals surface area contributed by atoms with Gasteiger partial charge in [0, 0.05) is 20.3 Å². The zero-order valence-electron chi connectivity index (χ0n) is 8.33. The summed E-state index contributed by atoms with van der Waals surface area (Å²) in [5, 5.41) is 0. The second kappa shape index (κ2) is 3.40. The lowest BCUT2D eigenvalue weighted by molar-refractivity contribution is -0.238. The maximum Gasteiger partial charge on any atom is 0.331 e. The van der Waals surface area contributed by atoms with Crippen LogP contribution < -0.4 is 0 Å². The minimum absolute atomic E-state index is 0.106. The Hall–Kier alpha value is -1.39. The molecule has 0 radical (unpaired) electrons. The maximum atomic E-state index is 11.3. The molecule has 0 atom stereocenters. The fraction of sp³-hybridized carbons (Fsp3) is 0.667. The van der Waals surface area contributed by atoms with Gasteiger partial charge in [-0.1, -0.05) is 6.92 Å². The van der Waals surface area contributed by atoms with Crippen LogP contribution in [0.25, 0.3) is 0 Å². The molecule has 0 spiro atoms. The molecule has 1 saturated heterocycles. The second-order valence-electron chi connectivity index (χ2n) is 3.49. The predicted octanol–water partition coefficient (Wildman–Crippen LogP) is 0.418. The number of hydrogen-bond acceptors (Lipinski definition) is 5. The van der Waals surface area contributed by atoms with Gasteiger partial charge in [-0.2, -0.15) is 0 Å². The van der Waals surface area contributed by atoms with Crippen LogP contribution in [-0.2, 0) is 23.9 Å². The molecule has 1 aliphatic heterocycles. The van der Waals surface area contributed by atoms with E-state index in [1.54, 1.807) is 6.92 Å². The summed E-state index contributed by atoms with van der Waals surface area (Å²) in [6.45, 7) is 4.45. The van der Waals surface area contributed by atoms with Gasteiger partial charge in [-0.3, -0.25) is 14.4 Å². The lowest BCUT2D eigenvalue weighted by Crippen LogP contribution is -2.48. The molecule has 1 heterocycles. The van der Waals surface area contributed by atoms with Gasteiger partial charge in [0.05, 0.1) is 0 Å². The van der Waals surface area contributed by atoms with Gasteiger partial charge in [-0.25, -0.2) is 0 Å². The highest BCUT2D eigenvalue weighted by Gasteiger charge is 2.46. The van der Waals surface area contributed by atoms with E-state index in [0.29, 0.717) is 0 Å². The quantitative estimate of drug-likeness (QED) is 0.477.